The van der Waals surface area contributed by atoms with Gasteiger partial charge in [-0.05, 0) is 50.5 Å². The van der Waals surface area contributed by atoms with Gasteiger partial charge in [0.25, 0.3) is 0 Å². The van der Waals surface area contributed by atoms with Crippen LogP contribution in [0.2, 0.25) is 0 Å². The minimum Gasteiger partial charge on any atom is -0.378 e. The van der Waals surface area contributed by atoms with E-state index in [9.17, 15) is 0 Å². The molecule has 0 amide bonds. The molecule has 1 saturated carbocycles. The monoisotopic (exact) mass is 253 g/mol. The third-order valence-electron chi connectivity index (χ3n) is 4.92. The summed E-state index contributed by atoms with van der Waals surface area (Å²) >= 11 is 0. The van der Waals surface area contributed by atoms with E-state index in [1.54, 1.807) is 0 Å². The summed E-state index contributed by atoms with van der Waals surface area (Å²) in [7, 11) is 0. The standard InChI is InChI=1S/C16H31NO/c1-2-17-14-16(10-4-3-5-11-16)12-6-8-15-9-7-13-18-15/h15,17H,2-14H2,1H3. The van der Waals surface area contributed by atoms with Crippen LogP contribution in [0.5, 0.6) is 0 Å². The van der Waals surface area contributed by atoms with Crippen molar-refractivity contribution in [2.45, 2.75) is 77.2 Å². The van der Waals surface area contributed by atoms with Gasteiger partial charge in [0.1, 0.15) is 0 Å². The SMILES string of the molecule is CCNCC1(CCCC2CCCO2)CCCCC1. The van der Waals surface area contributed by atoms with Crippen LogP contribution in [0.4, 0.5) is 0 Å². The van der Waals surface area contributed by atoms with Crippen LogP contribution in [0.3, 0.4) is 0 Å². The van der Waals surface area contributed by atoms with Gasteiger partial charge in [0.2, 0.25) is 0 Å². The molecule has 1 heterocycles. The van der Waals surface area contributed by atoms with Crippen molar-refractivity contribution in [1.29, 1.82) is 0 Å². The first-order chi connectivity index (χ1) is 8.85. The Balaban J connectivity index is 1.73. The smallest absolute Gasteiger partial charge is 0.0576 e. The number of hydrogen-bond acceptors (Lipinski definition) is 2. The van der Waals surface area contributed by atoms with E-state index in [1.165, 1.54) is 70.8 Å². The molecular formula is C16H31NO. The molecule has 0 aromatic heterocycles. The van der Waals surface area contributed by atoms with E-state index in [4.69, 9.17) is 4.74 Å². The van der Waals surface area contributed by atoms with Gasteiger partial charge in [-0.15, -0.1) is 0 Å². The number of ether oxygens (including phenoxy) is 1. The summed E-state index contributed by atoms with van der Waals surface area (Å²) in [6.45, 7) is 5.60. The zero-order valence-corrected chi connectivity index (χ0v) is 12.2. The summed E-state index contributed by atoms with van der Waals surface area (Å²) in [6, 6.07) is 0. The van der Waals surface area contributed by atoms with Crippen molar-refractivity contribution in [3.63, 3.8) is 0 Å². The van der Waals surface area contributed by atoms with Gasteiger partial charge in [-0.3, -0.25) is 0 Å². The average molecular weight is 253 g/mol. The Bertz CT molecular complexity index is 217. The molecule has 1 unspecified atom stereocenters. The lowest BCUT2D eigenvalue weighted by atomic mass is 9.70. The van der Waals surface area contributed by atoms with Crippen molar-refractivity contribution in [3.05, 3.63) is 0 Å². The number of hydrogen-bond donors (Lipinski definition) is 1. The van der Waals surface area contributed by atoms with Gasteiger partial charge in [-0.2, -0.15) is 0 Å². The fraction of sp³-hybridized carbons (Fsp3) is 1.00. The molecule has 2 rings (SSSR count). The molecule has 2 fully saturated rings. The van der Waals surface area contributed by atoms with Crippen molar-refractivity contribution in [1.82, 2.24) is 5.32 Å². The van der Waals surface area contributed by atoms with Crippen LogP contribution in [-0.2, 0) is 4.74 Å². The van der Waals surface area contributed by atoms with Gasteiger partial charge >= 0.3 is 0 Å². The van der Waals surface area contributed by atoms with Crippen molar-refractivity contribution < 1.29 is 4.74 Å². The summed E-state index contributed by atoms with van der Waals surface area (Å²) < 4.78 is 5.74. The lowest BCUT2D eigenvalue weighted by molar-refractivity contribution is 0.0922. The van der Waals surface area contributed by atoms with Crippen LogP contribution in [0.1, 0.15) is 71.1 Å². The van der Waals surface area contributed by atoms with E-state index in [-0.39, 0.29) is 0 Å². The van der Waals surface area contributed by atoms with Crippen molar-refractivity contribution in [2.24, 2.45) is 5.41 Å². The Hall–Kier alpha value is -0.0800. The van der Waals surface area contributed by atoms with Crippen LogP contribution in [0, 0.1) is 5.41 Å². The molecule has 106 valence electrons. The highest BCUT2D eigenvalue weighted by Crippen LogP contribution is 2.40. The molecule has 1 saturated heterocycles. The van der Waals surface area contributed by atoms with E-state index < -0.39 is 0 Å². The molecule has 1 atom stereocenters. The van der Waals surface area contributed by atoms with Crippen LogP contribution < -0.4 is 5.32 Å². The summed E-state index contributed by atoms with van der Waals surface area (Å²) in [6.07, 6.45) is 14.5. The minimum atomic E-state index is 0.588. The molecule has 0 aromatic carbocycles. The first-order valence-corrected chi connectivity index (χ1v) is 8.17. The maximum Gasteiger partial charge on any atom is 0.0576 e. The normalized spacial score (nSPS) is 27.5. The summed E-state index contributed by atoms with van der Waals surface area (Å²) in [5.74, 6) is 0. The first-order valence-electron chi connectivity index (χ1n) is 8.17. The highest BCUT2D eigenvalue weighted by atomic mass is 16.5. The van der Waals surface area contributed by atoms with E-state index in [2.05, 4.69) is 12.2 Å². The molecule has 0 spiro atoms. The second kappa shape index (κ2) is 7.49. The van der Waals surface area contributed by atoms with Crippen molar-refractivity contribution in [3.8, 4) is 0 Å². The predicted octanol–water partition coefficient (Wildman–Crippen LogP) is 3.90. The van der Waals surface area contributed by atoms with E-state index in [1.807, 2.05) is 0 Å². The predicted molar refractivity (Wildman–Crippen MR) is 76.9 cm³/mol. The largest absolute Gasteiger partial charge is 0.378 e. The molecule has 2 nitrogen and oxygen atoms in total. The van der Waals surface area contributed by atoms with Gasteiger partial charge in [0.15, 0.2) is 0 Å². The van der Waals surface area contributed by atoms with Crippen LogP contribution in [-0.4, -0.2) is 25.8 Å². The topological polar surface area (TPSA) is 21.3 Å². The van der Waals surface area contributed by atoms with Crippen molar-refractivity contribution in [2.75, 3.05) is 19.7 Å². The molecule has 1 N–H and O–H groups in total. The second-order valence-corrected chi connectivity index (χ2v) is 6.37. The van der Waals surface area contributed by atoms with Gasteiger partial charge in [0, 0.05) is 13.2 Å². The molecule has 18 heavy (non-hydrogen) atoms. The third-order valence-corrected chi connectivity index (χ3v) is 4.92. The van der Waals surface area contributed by atoms with Crippen LogP contribution in [0.25, 0.3) is 0 Å². The van der Waals surface area contributed by atoms with Gasteiger partial charge < -0.3 is 10.1 Å². The molecule has 2 heteroatoms. The molecule has 1 aliphatic heterocycles. The maximum atomic E-state index is 5.74. The van der Waals surface area contributed by atoms with Crippen LogP contribution >= 0.6 is 0 Å². The fourth-order valence-electron chi connectivity index (χ4n) is 3.78. The first kappa shape index (κ1) is 14.3. The molecule has 0 aromatic rings. The second-order valence-electron chi connectivity index (χ2n) is 6.37. The van der Waals surface area contributed by atoms with E-state index >= 15 is 0 Å². The molecule has 1 aliphatic carbocycles. The molecular weight excluding hydrogens is 222 g/mol. The number of rotatable bonds is 7. The highest BCUT2D eigenvalue weighted by molar-refractivity contribution is 4.85. The maximum absolute atomic E-state index is 5.74. The Labute approximate surface area is 113 Å². The Kier molecular flexibility index (Phi) is 5.97. The Morgan fingerprint density at radius 3 is 2.67 bits per heavy atom. The quantitative estimate of drug-likeness (QED) is 0.743. The zero-order valence-electron chi connectivity index (χ0n) is 12.2. The lowest BCUT2D eigenvalue weighted by Crippen LogP contribution is -2.36. The van der Waals surface area contributed by atoms with E-state index in [0.717, 1.165) is 13.2 Å². The summed E-state index contributed by atoms with van der Waals surface area (Å²) in [5.41, 5.74) is 0.618. The lowest BCUT2D eigenvalue weighted by Gasteiger charge is -2.38. The molecule has 0 radical (unpaired) electrons. The van der Waals surface area contributed by atoms with Gasteiger partial charge in [-0.1, -0.05) is 32.6 Å². The van der Waals surface area contributed by atoms with Crippen LogP contribution in [0.15, 0.2) is 0 Å². The zero-order chi connectivity index (χ0) is 12.7. The Morgan fingerprint density at radius 1 is 1.17 bits per heavy atom. The number of nitrogens with one attached hydrogen (secondary N) is 1. The summed E-state index contributed by atoms with van der Waals surface area (Å²) in [4.78, 5) is 0. The van der Waals surface area contributed by atoms with Gasteiger partial charge in [-0.25, -0.2) is 0 Å². The Morgan fingerprint density at radius 2 is 2.00 bits per heavy atom. The fourth-order valence-corrected chi connectivity index (χ4v) is 3.78. The minimum absolute atomic E-state index is 0.588. The summed E-state index contributed by atoms with van der Waals surface area (Å²) in [5, 5.41) is 3.61. The van der Waals surface area contributed by atoms with E-state index in [0.29, 0.717) is 11.5 Å². The molecule has 2 aliphatic rings. The van der Waals surface area contributed by atoms with Crippen molar-refractivity contribution >= 4 is 0 Å². The highest BCUT2D eigenvalue weighted by Gasteiger charge is 2.31. The third kappa shape index (κ3) is 4.24. The average Bonchev–Trinajstić information content (AvgIpc) is 2.91. The molecule has 0 bridgehead atoms. The van der Waals surface area contributed by atoms with Gasteiger partial charge in [0.05, 0.1) is 6.10 Å².